The molecule has 1 amide bonds. The van der Waals surface area contributed by atoms with E-state index in [0.717, 1.165) is 5.56 Å². The van der Waals surface area contributed by atoms with E-state index >= 15 is 0 Å². The quantitative estimate of drug-likeness (QED) is 0.730. The smallest absolute Gasteiger partial charge is 0.225 e. The van der Waals surface area contributed by atoms with Crippen LogP contribution in [0.2, 0.25) is 0 Å². The van der Waals surface area contributed by atoms with Crippen molar-refractivity contribution in [3.8, 4) is 11.5 Å². The summed E-state index contributed by atoms with van der Waals surface area (Å²) in [7, 11) is 3.18. The van der Waals surface area contributed by atoms with Gasteiger partial charge in [0, 0.05) is 25.2 Å². The predicted molar refractivity (Wildman–Crippen MR) is 90.9 cm³/mol. The minimum Gasteiger partial charge on any atom is -0.493 e. The van der Waals surface area contributed by atoms with Crippen LogP contribution in [0, 0.1) is 5.82 Å². The zero-order valence-corrected chi connectivity index (χ0v) is 13.8. The lowest BCUT2D eigenvalue weighted by Crippen LogP contribution is -2.21. The normalized spacial score (nSPS) is 10.3. The number of ether oxygens (including phenoxy) is 2. The molecule has 6 heteroatoms. The summed E-state index contributed by atoms with van der Waals surface area (Å²) >= 11 is 0. The van der Waals surface area contributed by atoms with Crippen LogP contribution in [-0.4, -0.2) is 26.7 Å². The predicted octanol–water partition coefficient (Wildman–Crippen LogP) is 2.96. The highest BCUT2D eigenvalue weighted by molar-refractivity contribution is 5.90. The van der Waals surface area contributed by atoms with Crippen molar-refractivity contribution in [2.24, 2.45) is 0 Å². The first-order valence-electron chi connectivity index (χ1n) is 7.59. The minimum atomic E-state index is -0.329. The van der Waals surface area contributed by atoms with Gasteiger partial charge in [-0.25, -0.2) is 4.39 Å². The molecule has 24 heavy (non-hydrogen) atoms. The molecule has 2 N–H and O–H groups in total. The van der Waals surface area contributed by atoms with Gasteiger partial charge in [-0.2, -0.15) is 0 Å². The summed E-state index contributed by atoms with van der Waals surface area (Å²) in [5, 5.41) is 5.92. The molecule has 2 aromatic carbocycles. The zero-order chi connectivity index (χ0) is 17.4. The van der Waals surface area contributed by atoms with Crippen molar-refractivity contribution in [2.45, 2.75) is 13.0 Å². The Morgan fingerprint density at radius 3 is 2.42 bits per heavy atom. The molecular formula is C18H21FN2O3. The third-order valence-corrected chi connectivity index (χ3v) is 3.43. The van der Waals surface area contributed by atoms with Crippen molar-refractivity contribution in [2.75, 3.05) is 26.1 Å². The third-order valence-electron chi connectivity index (χ3n) is 3.43. The summed E-state index contributed by atoms with van der Waals surface area (Å²) in [4.78, 5) is 11.8. The summed E-state index contributed by atoms with van der Waals surface area (Å²) in [6.45, 7) is 1.14. The van der Waals surface area contributed by atoms with Gasteiger partial charge >= 0.3 is 0 Å². The van der Waals surface area contributed by atoms with Crippen molar-refractivity contribution in [1.29, 1.82) is 0 Å². The minimum absolute atomic E-state index is 0.124. The average Bonchev–Trinajstić information content (AvgIpc) is 2.60. The Morgan fingerprint density at radius 2 is 1.75 bits per heavy atom. The molecule has 0 aliphatic carbocycles. The Bertz CT molecular complexity index is 674. The first kappa shape index (κ1) is 17.7. The molecule has 0 unspecified atom stereocenters. The number of hydrogen-bond donors (Lipinski definition) is 2. The Hall–Kier alpha value is -2.60. The molecular weight excluding hydrogens is 311 g/mol. The van der Waals surface area contributed by atoms with E-state index in [1.54, 1.807) is 14.2 Å². The zero-order valence-electron chi connectivity index (χ0n) is 13.8. The number of carbonyl (C=O) groups is 1. The fourth-order valence-corrected chi connectivity index (χ4v) is 2.18. The first-order chi connectivity index (χ1) is 11.6. The van der Waals surface area contributed by atoms with Gasteiger partial charge in [-0.1, -0.05) is 6.07 Å². The lowest BCUT2D eigenvalue weighted by Gasteiger charge is -2.10. The number of benzene rings is 2. The van der Waals surface area contributed by atoms with Crippen molar-refractivity contribution < 1.29 is 18.7 Å². The van der Waals surface area contributed by atoms with Crippen LogP contribution in [0.5, 0.6) is 11.5 Å². The summed E-state index contributed by atoms with van der Waals surface area (Å²) in [6, 6.07) is 11.4. The van der Waals surface area contributed by atoms with Gasteiger partial charge in [0.25, 0.3) is 0 Å². The maximum atomic E-state index is 12.8. The number of anilines is 1. The molecule has 0 saturated heterocycles. The van der Waals surface area contributed by atoms with Crippen LogP contribution in [0.25, 0.3) is 0 Å². The van der Waals surface area contributed by atoms with Gasteiger partial charge in [-0.15, -0.1) is 0 Å². The maximum absolute atomic E-state index is 12.8. The molecule has 2 aromatic rings. The largest absolute Gasteiger partial charge is 0.493 e. The Kier molecular flexibility index (Phi) is 6.57. The van der Waals surface area contributed by atoms with E-state index in [1.807, 2.05) is 18.2 Å². The van der Waals surface area contributed by atoms with E-state index in [0.29, 0.717) is 36.7 Å². The highest BCUT2D eigenvalue weighted by Crippen LogP contribution is 2.27. The van der Waals surface area contributed by atoms with Gasteiger partial charge in [0.05, 0.1) is 14.2 Å². The van der Waals surface area contributed by atoms with Crippen LogP contribution in [0.1, 0.15) is 12.0 Å². The molecule has 128 valence electrons. The average molecular weight is 332 g/mol. The summed E-state index contributed by atoms with van der Waals surface area (Å²) in [5.41, 5.74) is 1.62. The monoisotopic (exact) mass is 332 g/mol. The number of carbonyl (C=O) groups excluding carboxylic acids is 1. The number of nitrogens with one attached hydrogen (secondary N) is 2. The van der Waals surface area contributed by atoms with Crippen LogP contribution in [0.3, 0.4) is 0 Å². The Balaban J connectivity index is 1.74. The number of methoxy groups -OCH3 is 2. The van der Waals surface area contributed by atoms with E-state index in [9.17, 15) is 9.18 Å². The highest BCUT2D eigenvalue weighted by atomic mass is 19.1. The van der Waals surface area contributed by atoms with Crippen LogP contribution >= 0.6 is 0 Å². The second-order valence-electron chi connectivity index (χ2n) is 5.17. The molecule has 0 bridgehead atoms. The number of rotatable bonds is 8. The summed E-state index contributed by atoms with van der Waals surface area (Å²) < 4.78 is 23.2. The van der Waals surface area contributed by atoms with Crippen molar-refractivity contribution in [3.63, 3.8) is 0 Å². The topological polar surface area (TPSA) is 59.6 Å². The van der Waals surface area contributed by atoms with Gasteiger partial charge in [0.1, 0.15) is 5.82 Å². The lowest BCUT2D eigenvalue weighted by atomic mass is 10.2. The molecule has 0 aliphatic heterocycles. The standard InChI is InChI=1S/C18H21FN2O3/c1-23-16-8-3-13(11-17(16)24-2)12-20-10-9-18(22)21-15-6-4-14(19)5-7-15/h3-8,11,20H,9-10,12H2,1-2H3,(H,21,22). The van der Waals surface area contributed by atoms with E-state index in [4.69, 9.17) is 9.47 Å². The maximum Gasteiger partial charge on any atom is 0.225 e. The fraction of sp³-hybridized carbons (Fsp3) is 0.278. The third kappa shape index (κ3) is 5.24. The SMILES string of the molecule is COc1ccc(CNCCC(=O)Nc2ccc(F)cc2)cc1OC. The fourth-order valence-electron chi connectivity index (χ4n) is 2.18. The second kappa shape index (κ2) is 8.88. The van der Waals surface area contributed by atoms with Crippen molar-refractivity contribution >= 4 is 11.6 Å². The van der Waals surface area contributed by atoms with Crippen molar-refractivity contribution in [1.82, 2.24) is 5.32 Å². The molecule has 0 saturated carbocycles. The van der Waals surface area contributed by atoms with Gasteiger partial charge in [-0.05, 0) is 42.0 Å². The molecule has 0 spiro atoms. The Labute approximate surface area is 140 Å². The van der Waals surface area contributed by atoms with Gasteiger partial charge in [0.15, 0.2) is 11.5 Å². The summed E-state index contributed by atoms with van der Waals surface area (Å²) in [6.07, 6.45) is 0.324. The molecule has 0 atom stereocenters. The summed E-state index contributed by atoms with van der Waals surface area (Å²) in [5.74, 6) is 0.900. The second-order valence-corrected chi connectivity index (χ2v) is 5.17. The van der Waals surface area contributed by atoms with E-state index in [1.165, 1.54) is 24.3 Å². The van der Waals surface area contributed by atoms with E-state index in [-0.39, 0.29) is 11.7 Å². The lowest BCUT2D eigenvalue weighted by molar-refractivity contribution is -0.116. The molecule has 0 fully saturated rings. The van der Waals surface area contributed by atoms with Crippen LogP contribution in [0.15, 0.2) is 42.5 Å². The molecule has 2 rings (SSSR count). The number of hydrogen-bond acceptors (Lipinski definition) is 4. The molecule has 5 nitrogen and oxygen atoms in total. The molecule has 0 heterocycles. The van der Waals surface area contributed by atoms with Crippen LogP contribution in [0.4, 0.5) is 10.1 Å². The van der Waals surface area contributed by atoms with Gasteiger partial charge < -0.3 is 20.1 Å². The van der Waals surface area contributed by atoms with Gasteiger partial charge in [0.2, 0.25) is 5.91 Å². The van der Waals surface area contributed by atoms with E-state index < -0.39 is 0 Å². The highest BCUT2D eigenvalue weighted by Gasteiger charge is 2.05. The van der Waals surface area contributed by atoms with Crippen LogP contribution < -0.4 is 20.1 Å². The molecule has 0 aromatic heterocycles. The number of halogens is 1. The van der Waals surface area contributed by atoms with Gasteiger partial charge in [-0.3, -0.25) is 4.79 Å². The molecule has 0 aliphatic rings. The van der Waals surface area contributed by atoms with E-state index in [2.05, 4.69) is 10.6 Å². The number of amides is 1. The Morgan fingerprint density at radius 1 is 1.04 bits per heavy atom. The van der Waals surface area contributed by atoms with Crippen molar-refractivity contribution in [3.05, 3.63) is 53.8 Å². The van der Waals surface area contributed by atoms with Crippen LogP contribution in [-0.2, 0) is 11.3 Å². The first-order valence-corrected chi connectivity index (χ1v) is 7.59. The molecule has 0 radical (unpaired) electrons.